The van der Waals surface area contributed by atoms with E-state index in [-0.39, 0.29) is 12.6 Å². The topological polar surface area (TPSA) is 61.4 Å². The first-order chi connectivity index (χ1) is 9.29. The Kier molecular flexibility index (Phi) is 5.95. The monoisotopic (exact) mass is 268 g/mol. The maximum atomic E-state index is 11.9. The molecular formula is C15H28N2O2. The highest BCUT2D eigenvalue weighted by Gasteiger charge is 2.25. The fourth-order valence-corrected chi connectivity index (χ4v) is 3.50. The van der Waals surface area contributed by atoms with E-state index < -0.39 is 0 Å². The molecule has 3 N–H and O–H groups in total. The van der Waals surface area contributed by atoms with Crippen molar-refractivity contribution in [3.63, 3.8) is 0 Å². The number of hydrogen-bond donors (Lipinski definition) is 3. The molecule has 2 aliphatic rings. The second-order valence-electron chi connectivity index (χ2n) is 6.18. The third-order valence-corrected chi connectivity index (χ3v) is 4.77. The van der Waals surface area contributed by atoms with Crippen LogP contribution in [0.4, 0.5) is 4.79 Å². The molecule has 0 heterocycles. The van der Waals surface area contributed by atoms with E-state index in [9.17, 15) is 9.90 Å². The van der Waals surface area contributed by atoms with Gasteiger partial charge >= 0.3 is 6.03 Å². The summed E-state index contributed by atoms with van der Waals surface area (Å²) in [5.74, 6) is 0.833. The van der Waals surface area contributed by atoms with Crippen molar-refractivity contribution in [2.24, 2.45) is 11.8 Å². The van der Waals surface area contributed by atoms with Gasteiger partial charge in [-0.25, -0.2) is 4.79 Å². The van der Waals surface area contributed by atoms with Crippen molar-refractivity contribution in [3.05, 3.63) is 0 Å². The molecule has 2 fully saturated rings. The molecule has 4 nitrogen and oxygen atoms in total. The lowest BCUT2D eigenvalue weighted by molar-refractivity contribution is 0.133. The Balaban J connectivity index is 1.67. The standard InChI is InChI=1S/C15H28N2O2/c18-11-13-7-5-4-6-12(13)10-16-15(19)17-14-8-2-1-3-9-14/h12-14,18H,1-11H2,(H2,16,17,19). The minimum atomic E-state index is -0.0193. The average molecular weight is 268 g/mol. The van der Waals surface area contributed by atoms with E-state index in [1.54, 1.807) is 0 Å². The predicted molar refractivity (Wildman–Crippen MR) is 75.9 cm³/mol. The molecule has 2 saturated carbocycles. The molecule has 0 aromatic carbocycles. The minimum Gasteiger partial charge on any atom is -0.396 e. The highest BCUT2D eigenvalue weighted by molar-refractivity contribution is 5.74. The number of nitrogens with one attached hydrogen (secondary N) is 2. The summed E-state index contributed by atoms with van der Waals surface area (Å²) in [5, 5.41) is 15.4. The van der Waals surface area contributed by atoms with Crippen molar-refractivity contribution < 1.29 is 9.90 Å². The first-order valence-electron chi connectivity index (χ1n) is 7.95. The Morgan fingerprint density at radius 3 is 2.26 bits per heavy atom. The van der Waals surface area contributed by atoms with Crippen LogP contribution in [-0.2, 0) is 0 Å². The molecule has 0 radical (unpaired) electrons. The van der Waals surface area contributed by atoms with Crippen LogP contribution < -0.4 is 10.6 Å². The van der Waals surface area contributed by atoms with Gasteiger partial charge in [-0.15, -0.1) is 0 Å². The van der Waals surface area contributed by atoms with Gasteiger partial charge in [0.05, 0.1) is 0 Å². The summed E-state index contributed by atoms with van der Waals surface area (Å²) < 4.78 is 0. The van der Waals surface area contributed by atoms with Crippen molar-refractivity contribution >= 4 is 6.03 Å². The van der Waals surface area contributed by atoms with Crippen LogP contribution in [0.1, 0.15) is 57.8 Å². The number of rotatable bonds is 4. The molecule has 0 aromatic heterocycles. The lowest BCUT2D eigenvalue weighted by Crippen LogP contribution is -2.45. The van der Waals surface area contributed by atoms with Gasteiger partial charge in [0, 0.05) is 19.2 Å². The molecule has 2 aliphatic carbocycles. The normalized spacial score (nSPS) is 28.9. The Hall–Kier alpha value is -0.770. The van der Waals surface area contributed by atoms with E-state index in [0.29, 0.717) is 24.4 Å². The molecule has 2 rings (SSSR count). The van der Waals surface area contributed by atoms with Crippen LogP contribution in [0.25, 0.3) is 0 Å². The lowest BCUT2D eigenvalue weighted by Gasteiger charge is -2.30. The van der Waals surface area contributed by atoms with Gasteiger partial charge in [0.1, 0.15) is 0 Å². The summed E-state index contributed by atoms with van der Waals surface area (Å²) in [4.78, 5) is 11.9. The predicted octanol–water partition coefficient (Wildman–Crippen LogP) is 2.42. The second-order valence-corrected chi connectivity index (χ2v) is 6.18. The molecule has 2 atom stereocenters. The number of amides is 2. The summed E-state index contributed by atoms with van der Waals surface area (Å²) in [5.41, 5.74) is 0. The van der Waals surface area contributed by atoms with Crippen molar-refractivity contribution in [3.8, 4) is 0 Å². The second kappa shape index (κ2) is 7.73. The first kappa shape index (κ1) is 14.6. The van der Waals surface area contributed by atoms with Crippen LogP contribution in [0.2, 0.25) is 0 Å². The molecule has 2 amide bonds. The molecule has 0 aromatic rings. The third kappa shape index (κ3) is 4.68. The van der Waals surface area contributed by atoms with Crippen LogP contribution in [-0.4, -0.2) is 30.3 Å². The highest BCUT2D eigenvalue weighted by atomic mass is 16.3. The zero-order chi connectivity index (χ0) is 13.5. The smallest absolute Gasteiger partial charge is 0.315 e. The number of aliphatic hydroxyl groups is 1. The van der Waals surface area contributed by atoms with Crippen LogP contribution in [0.3, 0.4) is 0 Å². The van der Waals surface area contributed by atoms with E-state index in [1.165, 1.54) is 32.1 Å². The molecule has 2 unspecified atom stereocenters. The van der Waals surface area contributed by atoms with E-state index >= 15 is 0 Å². The Morgan fingerprint density at radius 2 is 1.58 bits per heavy atom. The molecule has 0 spiro atoms. The van der Waals surface area contributed by atoms with Crippen LogP contribution in [0.5, 0.6) is 0 Å². The lowest BCUT2D eigenvalue weighted by atomic mass is 9.80. The summed E-state index contributed by atoms with van der Waals surface area (Å²) in [7, 11) is 0. The SMILES string of the molecule is O=C(NCC1CCCCC1CO)NC1CCCCC1. The first-order valence-corrected chi connectivity index (χ1v) is 7.95. The zero-order valence-corrected chi connectivity index (χ0v) is 11.9. The Labute approximate surface area is 116 Å². The van der Waals surface area contributed by atoms with E-state index in [0.717, 1.165) is 25.7 Å². The Morgan fingerprint density at radius 1 is 0.947 bits per heavy atom. The number of carbonyl (C=O) groups excluding carboxylic acids is 1. The van der Waals surface area contributed by atoms with Gasteiger partial charge in [-0.2, -0.15) is 0 Å². The molecule has 19 heavy (non-hydrogen) atoms. The maximum Gasteiger partial charge on any atom is 0.315 e. The van der Waals surface area contributed by atoms with Crippen molar-refractivity contribution in [2.75, 3.05) is 13.2 Å². The summed E-state index contributed by atoms with van der Waals surface area (Å²) >= 11 is 0. The quantitative estimate of drug-likeness (QED) is 0.733. The van der Waals surface area contributed by atoms with Gasteiger partial charge in [-0.05, 0) is 37.5 Å². The average Bonchev–Trinajstić information content (AvgIpc) is 2.46. The number of aliphatic hydroxyl groups excluding tert-OH is 1. The molecule has 0 aliphatic heterocycles. The summed E-state index contributed by atoms with van der Waals surface area (Å²) in [6.07, 6.45) is 10.7. The number of hydrogen-bond acceptors (Lipinski definition) is 2. The molecule has 4 heteroatoms. The molecule has 110 valence electrons. The molecule has 0 bridgehead atoms. The van der Waals surface area contributed by atoms with Gasteiger partial charge < -0.3 is 15.7 Å². The van der Waals surface area contributed by atoms with Crippen LogP contribution in [0.15, 0.2) is 0 Å². The largest absolute Gasteiger partial charge is 0.396 e. The van der Waals surface area contributed by atoms with Gasteiger partial charge in [0.15, 0.2) is 0 Å². The zero-order valence-electron chi connectivity index (χ0n) is 11.9. The van der Waals surface area contributed by atoms with Gasteiger partial charge in [0.2, 0.25) is 0 Å². The summed E-state index contributed by atoms with van der Waals surface area (Å²) in [6, 6.07) is 0.350. The van der Waals surface area contributed by atoms with E-state index in [2.05, 4.69) is 10.6 Å². The van der Waals surface area contributed by atoms with Crippen LogP contribution in [0, 0.1) is 11.8 Å². The van der Waals surface area contributed by atoms with Crippen molar-refractivity contribution in [2.45, 2.75) is 63.8 Å². The van der Waals surface area contributed by atoms with Crippen molar-refractivity contribution in [1.82, 2.24) is 10.6 Å². The maximum absolute atomic E-state index is 11.9. The fraction of sp³-hybridized carbons (Fsp3) is 0.933. The van der Waals surface area contributed by atoms with Gasteiger partial charge in [-0.1, -0.05) is 32.1 Å². The van der Waals surface area contributed by atoms with E-state index in [1.807, 2.05) is 0 Å². The Bertz CT molecular complexity index is 277. The third-order valence-electron chi connectivity index (χ3n) is 4.77. The molecule has 0 saturated heterocycles. The fourth-order valence-electron chi connectivity index (χ4n) is 3.50. The number of urea groups is 1. The molecular weight excluding hydrogens is 240 g/mol. The van der Waals surface area contributed by atoms with Gasteiger partial charge in [0.25, 0.3) is 0 Å². The van der Waals surface area contributed by atoms with Crippen molar-refractivity contribution in [1.29, 1.82) is 0 Å². The van der Waals surface area contributed by atoms with Crippen LogP contribution >= 0.6 is 0 Å². The number of carbonyl (C=O) groups is 1. The summed E-state index contributed by atoms with van der Waals surface area (Å²) in [6.45, 7) is 0.973. The van der Waals surface area contributed by atoms with Gasteiger partial charge in [-0.3, -0.25) is 0 Å². The van der Waals surface area contributed by atoms with E-state index in [4.69, 9.17) is 0 Å². The highest BCUT2D eigenvalue weighted by Crippen LogP contribution is 2.29. The minimum absolute atomic E-state index is 0.0193.